The lowest BCUT2D eigenvalue weighted by molar-refractivity contribution is 0.0519. The lowest BCUT2D eigenvalue weighted by Crippen LogP contribution is -2.48. The van der Waals surface area contributed by atoms with E-state index >= 15 is 0 Å². The van der Waals surface area contributed by atoms with Gasteiger partial charge in [0, 0.05) is 42.6 Å². The zero-order valence-corrected chi connectivity index (χ0v) is 21.2. The molecule has 1 atom stereocenters. The maximum atomic E-state index is 13.4. The van der Waals surface area contributed by atoms with Crippen LogP contribution in [-0.4, -0.2) is 52.8 Å². The minimum Gasteiger partial charge on any atom is -0.339 e. The Morgan fingerprint density at radius 2 is 1.80 bits per heavy atom. The quantitative estimate of drug-likeness (QED) is 0.477. The summed E-state index contributed by atoms with van der Waals surface area (Å²) in [5.74, 6) is 0.476. The zero-order valence-electron chi connectivity index (χ0n) is 20.4. The maximum absolute atomic E-state index is 13.4. The second-order valence-corrected chi connectivity index (χ2v) is 10.7. The number of carbonyl (C=O) groups excluding carboxylic acids is 2. The molecule has 3 heterocycles. The van der Waals surface area contributed by atoms with Crippen LogP contribution in [0.4, 0.5) is 0 Å². The third-order valence-electron chi connectivity index (χ3n) is 7.65. The van der Waals surface area contributed by atoms with Gasteiger partial charge in [0.2, 0.25) is 0 Å². The summed E-state index contributed by atoms with van der Waals surface area (Å²) in [6, 6.07) is 15.9. The number of pyridine rings is 1. The number of amides is 2. The van der Waals surface area contributed by atoms with Gasteiger partial charge in [-0.2, -0.15) is 0 Å². The average Bonchev–Trinajstić information content (AvgIpc) is 3.36. The molecule has 182 valence electrons. The van der Waals surface area contributed by atoms with Crippen LogP contribution in [0, 0.1) is 5.92 Å². The van der Waals surface area contributed by atoms with E-state index in [0.717, 1.165) is 50.8 Å². The Morgan fingerprint density at radius 3 is 2.54 bits per heavy atom. The number of piperidine rings is 1. The van der Waals surface area contributed by atoms with Crippen molar-refractivity contribution >= 4 is 23.2 Å². The molecule has 3 aromatic rings. The minimum absolute atomic E-state index is 0.0464. The highest BCUT2D eigenvalue weighted by molar-refractivity contribution is 7.10. The van der Waals surface area contributed by atoms with Gasteiger partial charge >= 0.3 is 0 Å². The standard InChI is InChI=1S/C29H33N3O2S/c1-31(29(34)25-12-7-8-16-30-25)26(19-21-9-3-2-4-10-21)22-14-17-32(18-15-22)28(33)24-20-35-27-13-6-5-11-23(24)27/h2-4,7-10,12,16,20,22,26H,5-6,11,13-15,17-19H2,1H3/t26-/m1/s1. The summed E-state index contributed by atoms with van der Waals surface area (Å²) in [5, 5.41) is 2.09. The molecule has 35 heavy (non-hydrogen) atoms. The smallest absolute Gasteiger partial charge is 0.272 e. The second-order valence-electron chi connectivity index (χ2n) is 9.78. The predicted molar refractivity (Wildman–Crippen MR) is 140 cm³/mol. The number of thiophene rings is 1. The van der Waals surface area contributed by atoms with Crippen LogP contribution in [0.1, 0.15) is 62.5 Å². The molecule has 2 aromatic heterocycles. The fourth-order valence-electron chi connectivity index (χ4n) is 5.63. The zero-order chi connectivity index (χ0) is 24.2. The Hall–Kier alpha value is -2.99. The van der Waals surface area contributed by atoms with E-state index in [1.807, 2.05) is 35.0 Å². The molecule has 5 rings (SSSR count). The fraction of sp³-hybridized carbons (Fsp3) is 0.414. The van der Waals surface area contributed by atoms with Crippen LogP contribution in [0.5, 0.6) is 0 Å². The number of hydrogen-bond donors (Lipinski definition) is 0. The van der Waals surface area contributed by atoms with Crippen molar-refractivity contribution < 1.29 is 9.59 Å². The van der Waals surface area contributed by atoms with Crippen molar-refractivity contribution in [1.82, 2.24) is 14.8 Å². The monoisotopic (exact) mass is 487 g/mol. The number of aryl methyl sites for hydroxylation is 1. The van der Waals surface area contributed by atoms with Crippen molar-refractivity contribution in [2.75, 3.05) is 20.1 Å². The lowest BCUT2D eigenvalue weighted by Gasteiger charge is -2.40. The normalized spacial score (nSPS) is 17.0. The number of likely N-dealkylation sites (tertiary alicyclic amines) is 1. The highest BCUT2D eigenvalue weighted by Crippen LogP contribution is 2.33. The molecule has 2 aliphatic rings. The van der Waals surface area contributed by atoms with E-state index in [2.05, 4.69) is 34.6 Å². The summed E-state index contributed by atoms with van der Waals surface area (Å²) < 4.78 is 0. The number of likely N-dealkylation sites (N-methyl/N-ethyl adjacent to an activating group) is 1. The first-order valence-electron chi connectivity index (χ1n) is 12.7. The molecule has 6 heteroatoms. The molecule has 1 aliphatic carbocycles. The van der Waals surface area contributed by atoms with Crippen molar-refractivity contribution in [2.24, 2.45) is 5.92 Å². The number of rotatable bonds is 6. The summed E-state index contributed by atoms with van der Waals surface area (Å²) in [6.45, 7) is 1.48. The number of nitrogens with zero attached hydrogens (tertiary/aromatic N) is 3. The first kappa shape index (κ1) is 23.7. The summed E-state index contributed by atoms with van der Waals surface area (Å²) in [6.07, 6.45) is 8.84. The fourth-order valence-corrected chi connectivity index (χ4v) is 6.75. The molecule has 0 radical (unpaired) electrons. The van der Waals surface area contributed by atoms with Crippen molar-refractivity contribution in [3.05, 3.63) is 87.4 Å². The molecular weight excluding hydrogens is 454 g/mol. The molecule has 2 amide bonds. The summed E-state index contributed by atoms with van der Waals surface area (Å²) in [5.41, 5.74) is 3.94. The van der Waals surface area contributed by atoms with Crippen LogP contribution in [0.25, 0.3) is 0 Å². The molecule has 0 N–H and O–H groups in total. The van der Waals surface area contributed by atoms with Gasteiger partial charge in [-0.15, -0.1) is 11.3 Å². The van der Waals surface area contributed by atoms with Crippen LogP contribution in [-0.2, 0) is 19.3 Å². The summed E-state index contributed by atoms with van der Waals surface area (Å²) >= 11 is 1.76. The Labute approximate surface area is 211 Å². The van der Waals surface area contributed by atoms with E-state index in [1.165, 1.54) is 28.8 Å². The number of carbonyl (C=O) groups is 2. The van der Waals surface area contributed by atoms with Gasteiger partial charge in [-0.3, -0.25) is 14.6 Å². The molecule has 1 saturated heterocycles. The number of fused-ring (bicyclic) bond motifs is 1. The highest BCUT2D eigenvalue weighted by atomic mass is 32.1. The molecule has 0 saturated carbocycles. The average molecular weight is 488 g/mol. The Balaban J connectivity index is 1.30. The third-order valence-corrected chi connectivity index (χ3v) is 8.74. The van der Waals surface area contributed by atoms with Gasteiger partial charge in [0.25, 0.3) is 11.8 Å². The van der Waals surface area contributed by atoms with Crippen LogP contribution in [0.3, 0.4) is 0 Å². The Morgan fingerprint density at radius 1 is 1.06 bits per heavy atom. The molecule has 0 spiro atoms. The molecule has 1 aromatic carbocycles. The van der Waals surface area contributed by atoms with Crippen molar-refractivity contribution in [1.29, 1.82) is 0 Å². The van der Waals surface area contributed by atoms with Gasteiger partial charge in [-0.1, -0.05) is 36.4 Å². The van der Waals surface area contributed by atoms with Crippen LogP contribution < -0.4 is 0 Å². The van der Waals surface area contributed by atoms with E-state index in [-0.39, 0.29) is 17.9 Å². The molecule has 0 bridgehead atoms. The third kappa shape index (κ3) is 5.18. The lowest BCUT2D eigenvalue weighted by atomic mass is 9.84. The van der Waals surface area contributed by atoms with E-state index in [1.54, 1.807) is 23.6 Å². The Bertz CT molecular complexity index is 1150. The summed E-state index contributed by atoms with van der Waals surface area (Å²) in [4.78, 5) is 36.3. The van der Waals surface area contributed by atoms with Crippen molar-refractivity contribution in [3.8, 4) is 0 Å². The SMILES string of the molecule is CN(C(=O)c1ccccn1)[C@H](Cc1ccccc1)C1CCN(C(=O)c2csc3c2CCCC3)CC1. The van der Waals surface area contributed by atoms with Gasteiger partial charge < -0.3 is 9.80 Å². The highest BCUT2D eigenvalue weighted by Gasteiger charge is 2.34. The van der Waals surface area contributed by atoms with Gasteiger partial charge in [0.1, 0.15) is 5.69 Å². The second kappa shape index (κ2) is 10.7. The van der Waals surface area contributed by atoms with Gasteiger partial charge in [-0.25, -0.2) is 0 Å². The predicted octanol–water partition coefficient (Wildman–Crippen LogP) is 5.26. The molecule has 0 unspecified atom stereocenters. The van der Waals surface area contributed by atoms with Crippen LogP contribution in [0.15, 0.2) is 60.1 Å². The number of hydrogen-bond acceptors (Lipinski definition) is 4. The first-order valence-corrected chi connectivity index (χ1v) is 13.6. The maximum Gasteiger partial charge on any atom is 0.272 e. The van der Waals surface area contributed by atoms with E-state index < -0.39 is 0 Å². The molecular formula is C29H33N3O2S. The van der Waals surface area contributed by atoms with Gasteiger partial charge in [-0.05, 0) is 74.1 Å². The van der Waals surface area contributed by atoms with Gasteiger partial charge in [0.05, 0.1) is 5.56 Å². The van der Waals surface area contributed by atoms with E-state index in [0.29, 0.717) is 11.6 Å². The van der Waals surface area contributed by atoms with E-state index in [4.69, 9.17) is 0 Å². The Kier molecular flexibility index (Phi) is 7.28. The minimum atomic E-state index is -0.0464. The number of aromatic nitrogens is 1. The van der Waals surface area contributed by atoms with E-state index in [9.17, 15) is 9.59 Å². The number of benzene rings is 1. The van der Waals surface area contributed by atoms with Crippen molar-refractivity contribution in [2.45, 2.75) is 51.0 Å². The summed E-state index contributed by atoms with van der Waals surface area (Å²) in [7, 11) is 1.90. The first-order chi connectivity index (χ1) is 17.1. The van der Waals surface area contributed by atoms with Crippen LogP contribution >= 0.6 is 11.3 Å². The van der Waals surface area contributed by atoms with Gasteiger partial charge in [0.15, 0.2) is 0 Å². The molecule has 1 fully saturated rings. The molecule has 5 nitrogen and oxygen atoms in total. The topological polar surface area (TPSA) is 53.5 Å². The van der Waals surface area contributed by atoms with Crippen LogP contribution in [0.2, 0.25) is 0 Å². The van der Waals surface area contributed by atoms with Crippen molar-refractivity contribution in [3.63, 3.8) is 0 Å². The largest absolute Gasteiger partial charge is 0.339 e. The molecule has 1 aliphatic heterocycles.